The highest BCUT2D eigenvalue weighted by molar-refractivity contribution is 8.00. The fourth-order valence-electron chi connectivity index (χ4n) is 2.22. The Labute approximate surface area is 111 Å². The maximum absolute atomic E-state index is 4.41. The van der Waals surface area contributed by atoms with E-state index in [-0.39, 0.29) is 0 Å². The number of nitrogens with one attached hydrogen (secondary N) is 1. The summed E-state index contributed by atoms with van der Waals surface area (Å²) in [5, 5.41) is 8.57. The predicted octanol–water partition coefficient (Wildman–Crippen LogP) is 2.57. The molecule has 0 saturated carbocycles. The number of anilines is 1. The van der Waals surface area contributed by atoms with E-state index >= 15 is 0 Å². The average molecular weight is 260 g/mol. The van der Waals surface area contributed by atoms with Crippen molar-refractivity contribution in [1.29, 1.82) is 0 Å². The normalized spacial score (nSPS) is 23.2. The summed E-state index contributed by atoms with van der Waals surface area (Å²) in [6.45, 7) is 2.28. The Hall–Kier alpha value is -1.49. The van der Waals surface area contributed by atoms with Crippen LogP contribution in [-0.4, -0.2) is 31.8 Å². The number of hydrogen-bond acceptors (Lipinski definition) is 4. The minimum Gasteiger partial charge on any atom is -0.378 e. The van der Waals surface area contributed by atoms with E-state index in [2.05, 4.69) is 28.4 Å². The number of rotatable bonds is 3. The van der Waals surface area contributed by atoms with Gasteiger partial charge in [-0.3, -0.25) is 0 Å². The average Bonchev–Trinajstić information content (AvgIpc) is 3.02. The van der Waals surface area contributed by atoms with E-state index in [1.54, 1.807) is 17.1 Å². The molecule has 2 atom stereocenters. The molecule has 2 aromatic rings. The van der Waals surface area contributed by atoms with Gasteiger partial charge in [0.2, 0.25) is 0 Å². The molecule has 1 aliphatic heterocycles. The minimum absolute atomic E-state index is 0.531. The summed E-state index contributed by atoms with van der Waals surface area (Å²) in [4.78, 5) is 4.41. The monoisotopic (exact) mass is 260 g/mol. The second-order valence-electron chi connectivity index (χ2n) is 4.55. The summed E-state index contributed by atoms with van der Waals surface area (Å²) in [6, 6.07) is 6.47. The third-order valence-electron chi connectivity index (χ3n) is 3.07. The van der Waals surface area contributed by atoms with Gasteiger partial charge in [-0.1, -0.05) is 6.92 Å². The van der Waals surface area contributed by atoms with Crippen LogP contribution < -0.4 is 5.32 Å². The van der Waals surface area contributed by atoms with Gasteiger partial charge in [-0.2, -0.15) is 16.9 Å². The summed E-state index contributed by atoms with van der Waals surface area (Å²) in [5.41, 5.74) is 1.06. The Kier molecular flexibility index (Phi) is 3.23. The van der Waals surface area contributed by atoms with Crippen LogP contribution in [0.5, 0.6) is 0 Å². The molecule has 3 heterocycles. The molecular weight excluding hydrogens is 244 g/mol. The minimum atomic E-state index is 0.531. The Morgan fingerprint density at radius 2 is 2.33 bits per heavy atom. The zero-order chi connectivity index (χ0) is 12.4. The molecule has 1 N–H and O–H groups in total. The zero-order valence-electron chi connectivity index (χ0n) is 10.3. The van der Waals surface area contributed by atoms with Crippen LogP contribution in [0.3, 0.4) is 0 Å². The summed E-state index contributed by atoms with van der Waals surface area (Å²) >= 11 is 2.02. The van der Waals surface area contributed by atoms with E-state index in [1.807, 2.05) is 30.1 Å². The molecule has 0 aromatic carbocycles. The lowest BCUT2D eigenvalue weighted by Crippen LogP contribution is -2.20. The molecule has 5 heteroatoms. The highest BCUT2D eigenvalue weighted by atomic mass is 32.2. The van der Waals surface area contributed by atoms with Crippen LogP contribution in [0.2, 0.25) is 0 Å². The quantitative estimate of drug-likeness (QED) is 0.921. The maximum Gasteiger partial charge on any atom is 0.176 e. The smallest absolute Gasteiger partial charge is 0.176 e. The molecule has 1 fully saturated rings. The molecule has 18 heavy (non-hydrogen) atoms. The molecule has 94 valence electrons. The highest BCUT2D eigenvalue weighted by Crippen LogP contribution is 2.29. The first-order chi connectivity index (χ1) is 8.83. The van der Waals surface area contributed by atoms with Gasteiger partial charge in [0.15, 0.2) is 5.82 Å². The van der Waals surface area contributed by atoms with Gasteiger partial charge in [0.25, 0.3) is 0 Å². The van der Waals surface area contributed by atoms with Gasteiger partial charge in [0.1, 0.15) is 0 Å². The van der Waals surface area contributed by atoms with Gasteiger partial charge in [-0.25, -0.2) is 9.67 Å². The molecular formula is C13H16N4S. The Morgan fingerprint density at radius 1 is 1.39 bits per heavy atom. The van der Waals surface area contributed by atoms with Gasteiger partial charge in [-0.05, 0) is 24.6 Å². The van der Waals surface area contributed by atoms with Crippen LogP contribution in [-0.2, 0) is 0 Å². The van der Waals surface area contributed by atoms with E-state index in [9.17, 15) is 0 Å². The lowest BCUT2D eigenvalue weighted by Gasteiger charge is -2.15. The Bertz CT molecular complexity index is 511. The standard InChI is InChI=1S/C13H16N4S/c1-10-8-11(9-18-10)16-12-4-2-5-14-13(12)17-7-3-6-15-17/h2-7,10-11,16H,8-9H2,1H3. The fraction of sp³-hybridized carbons (Fsp3) is 0.385. The Balaban J connectivity index is 1.84. The van der Waals surface area contributed by atoms with E-state index in [0.29, 0.717) is 6.04 Å². The zero-order valence-corrected chi connectivity index (χ0v) is 11.1. The topological polar surface area (TPSA) is 42.7 Å². The summed E-state index contributed by atoms with van der Waals surface area (Å²) < 4.78 is 1.80. The second-order valence-corrected chi connectivity index (χ2v) is 6.02. The molecule has 0 amide bonds. The molecule has 4 nitrogen and oxygen atoms in total. The largest absolute Gasteiger partial charge is 0.378 e. The third kappa shape index (κ3) is 2.36. The van der Waals surface area contributed by atoms with E-state index < -0.39 is 0 Å². The highest BCUT2D eigenvalue weighted by Gasteiger charge is 2.22. The van der Waals surface area contributed by atoms with Crippen LogP contribution in [0.15, 0.2) is 36.8 Å². The van der Waals surface area contributed by atoms with E-state index in [1.165, 1.54) is 6.42 Å². The Morgan fingerprint density at radius 3 is 3.06 bits per heavy atom. The first-order valence-corrected chi connectivity index (χ1v) is 7.21. The molecule has 1 saturated heterocycles. The van der Waals surface area contributed by atoms with Crippen LogP contribution in [0.4, 0.5) is 5.69 Å². The molecule has 0 bridgehead atoms. The molecule has 3 rings (SSSR count). The number of pyridine rings is 1. The summed E-state index contributed by atoms with van der Waals surface area (Å²) in [7, 11) is 0. The number of thioether (sulfide) groups is 1. The molecule has 1 aliphatic rings. The molecule has 2 unspecified atom stereocenters. The van der Waals surface area contributed by atoms with Crippen molar-refractivity contribution in [3.63, 3.8) is 0 Å². The van der Waals surface area contributed by atoms with Gasteiger partial charge in [-0.15, -0.1) is 0 Å². The number of hydrogen-bond donors (Lipinski definition) is 1. The number of aromatic nitrogens is 3. The van der Waals surface area contributed by atoms with Gasteiger partial charge in [0, 0.05) is 35.6 Å². The SMILES string of the molecule is CC1CC(Nc2cccnc2-n2cccn2)CS1. The second kappa shape index (κ2) is 5.02. The first kappa shape index (κ1) is 11.6. The van der Waals surface area contributed by atoms with E-state index in [4.69, 9.17) is 0 Å². The van der Waals surface area contributed by atoms with Crippen molar-refractivity contribution < 1.29 is 0 Å². The maximum atomic E-state index is 4.41. The van der Waals surface area contributed by atoms with Crippen molar-refractivity contribution in [3.8, 4) is 5.82 Å². The molecule has 0 radical (unpaired) electrons. The predicted molar refractivity (Wildman–Crippen MR) is 75.3 cm³/mol. The molecule has 0 aliphatic carbocycles. The van der Waals surface area contributed by atoms with Crippen molar-refractivity contribution in [3.05, 3.63) is 36.8 Å². The fourth-order valence-corrected chi connectivity index (χ4v) is 3.37. The van der Waals surface area contributed by atoms with Crippen molar-refractivity contribution in [2.45, 2.75) is 24.6 Å². The molecule has 0 spiro atoms. The van der Waals surface area contributed by atoms with Crippen LogP contribution in [0.25, 0.3) is 5.82 Å². The third-order valence-corrected chi connectivity index (χ3v) is 4.42. The summed E-state index contributed by atoms with van der Waals surface area (Å²) in [5.74, 6) is 2.03. The van der Waals surface area contributed by atoms with Crippen molar-refractivity contribution in [2.24, 2.45) is 0 Å². The van der Waals surface area contributed by atoms with Crippen LogP contribution in [0.1, 0.15) is 13.3 Å². The first-order valence-electron chi connectivity index (χ1n) is 6.16. The lowest BCUT2D eigenvalue weighted by molar-refractivity contribution is 0.742. The van der Waals surface area contributed by atoms with Gasteiger partial charge >= 0.3 is 0 Å². The molecule has 2 aromatic heterocycles. The van der Waals surface area contributed by atoms with Crippen molar-refractivity contribution >= 4 is 17.4 Å². The van der Waals surface area contributed by atoms with Crippen molar-refractivity contribution in [2.75, 3.05) is 11.1 Å². The van der Waals surface area contributed by atoms with Crippen LogP contribution in [0, 0.1) is 0 Å². The number of nitrogens with zero attached hydrogens (tertiary/aromatic N) is 3. The summed E-state index contributed by atoms with van der Waals surface area (Å²) in [6.07, 6.45) is 6.69. The van der Waals surface area contributed by atoms with E-state index in [0.717, 1.165) is 22.5 Å². The van der Waals surface area contributed by atoms with Crippen LogP contribution >= 0.6 is 11.8 Å². The van der Waals surface area contributed by atoms with Gasteiger partial charge < -0.3 is 5.32 Å². The van der Waals surface area contributed by atoms with Gasteiger partial charge in [0.05, 0.1) is 5.69 Å². The van der Waals surface area contributed by atoms with Crippen molar-refractivity contribution in [1.82, 2.24) is 14.8 Å². The lowest BCUT2D eigenvalue weighted by atomic mass is 10.2.